The van der Waals surface area contributed by atoms with E-state index in [4.69, 9.17) is 16.2 Å². The third kappa shape index (κ3) is 2.01. The summed E-state index contributed by atoms with van der Waals surface area (Å²) in [4.78, 5) is 19.6. The van der Waals surface area contributed by atoms with Crippen LogP contribution >= 0.6 is 0 Å². The number of ether oxygens (including phenoxy) is 1. The Morgan fingerprint density at radius 1 is 1.30 bits per heavy atom. The number of hydrogen-bond donors (Lipinski definition) is 2. The van der Waals surface area contributed by atoms with Crippen LogP contribution in [-0.4, -0.2) is 20.3 Å². The van der Waals surface area contributed by atoms with E-state index in [0.717, 1.165) is 0 Å². The first-order valence-corrected chi connectivity index (χ1v) is 5.81. The summed E-state index contributed by atoms with van der Waals surface area (Å²) in [7, 11) is 0. The first kappa shape index (κ1) is 12.0. The monoisotopic (exact) mass is 269 g/mol. The number of hydrogen-bond acceptors (Lipinski definition) is 5. The Bertz CT molecular complexity index is 796. The number of nitrogens with two attached hydrogens (primary N) is 2. The van der Waals surface area contributed by atoms with Crippen LogP contribution < -0.4 is 16.2 Å². The van der Waals surface area contributed by atoms with Crippen molar-refractivity contribution in [3.8, 4) is 11.6 Å². The van der Waals surface area contributed by atoms with E-state index < -0.39 is 5.91 Å². The first-order chi connectivity index (χ1) is 9.65. The van der Waals surface area contributed by atoms with Crippen LogP contribution in [0.3, 0.4) is 0 Å². The van der Waals surface area contributed by atoms with E-state index in [-0.39, 0.29) is 17.3 Å². The van der Waals surface area contributed by atoms with Gasteiger partial charge < -0.3 is 16.2 Å². The Morgan fingerprint density at radius 3 is 2.90 bits per heavy atom. The number of carbonyl (C=O) groups excluding carboxylic acids is 1. The molecule has 0 bridgehead atoms. The van der Waals surface area contributed by atoms with Crippen LogP contribution in [0.25, 0.3) is 5.65 Å². The van der Waals surface area contributed by atoms with Crippen molar-refractivity contribution in [3.05, 3.63) is 48.4 Å². The maximum absolute atomic E-state index is 11.4. The normalized spacial score (nSPS) is 10.6. The lowest BCUT2D eigenvalue weighted by molar-refractivity contribution is 0.0998. The van der Waals surface area contributed by atoms with Gasteiger partial charge in [-0.25, -0.2) is 4.98 Å². The van der Waals surface area contributed by atoms with Crippen molar-refractivity contribution in [2.75, 3.05) is 5.73 Å². The third-order valence-corrected chi connectivity index (χ3v) is 2.72. The molecule has 0 fully saturated rings. The highest BCUT2D eigenvalue weighted by Gasteiger charge is 2.13. The average molecular weight is 269 g/mol. The van der Waals surface area contributed by atoms with Gasteiger partial charge in [-0.05, 0) is 12.1 Å². The van der Waals surface area contributed by atoms with Gasteiger partial charge in [-0.3, -0.25) is 9.20 Å². The molecule has 0 radical (unpaired) electrons. The molecule has 0 aliphatic heterocycles. The number of imidazole rings is 1. The number of aromatic nitrogens is 3. The number of anilines is 1. The molecule has 2 heterocycles. The van der Waals surface area contributed by atoms with Gasteiger partial charge in [0.1, 0.15) is 11.6 Å². The number of para-hydroxylation sites is 1. The van der Waals surface area contributed by atoms with E-state index in [2.05, 4.69) is 9.97 Å². The molecule has 3 rings (SSSR count). The van der Waals surface area contributed by atoms with E-state index in [0.29, 0.717) is 11.4 Å². The number of nitrogens with zero attached hydrogens (tertiary/aromatic N) is 3. The quantitative estimate of drug-likeness (QED) is 0.742. The minimum atomic E-state index is -0.580. The Morgan fingerprint density at radius 2 is 2.10 bits per heavy atom. The molecular weight excluding hydrogens is 258 g/mol. The van der Waals surface area contributed by atoms with Gasteiger partial charge >= 0.3 is 0 Å². The zero-order chi connectivity index (χ0) is 14.1. The largest absolute Gasteiger partial charge is 0.435 e. The van der Waals surface area contributed by atoms with Gasteiger partial charge in [0.05, 0.1) is 11.8 Å². The molecule has 7 heteroatoms. The zero-order valence-electron chi connectivity index (χ0n) is 10.4. The van der Waals surface area contributed by atoms with Crippen LogP contribution in [0.5, 0.6) is 11.6 Å². The topological polar surface area (TPSA) is 109 Å². The molecule has 0 spiro atoms. The maximum Gasteiger partial charge on any atom is 0.265 e. The summed E-state index contributed by atoms with van der Waals surface area (Å²) in [5.41, 5.74) is 11.8. The summed E-state index contributed by atoms with van der Waals surface area (Å²) in [5, 5.41) is 0. The SMILES string of the molecule is NC(=O)c1ccccc1Oc1nc(N)cn2ccnc12. The first-order valence-electron chi connectivity index (χ1n) is 5.81. The number of amides is 1. The molecule has 0 unspecified atom stereocenters. The van der Waals surface area contributed by atoms with Gasteiger partial charge in [-0.1, -0.05) is 12.1 Å². The number of benzene rings is 1. The van der Waals surface area contributed by atoms with Gasteiger partial charge in [0.15, 0.2) is 0 Å². The van der Waals surface area contributed by atoms with Crippen molar-refractivity contribution < 1.29 is 9.53 Å². The van der Waals surface area contributed by atoms with E-state index in [1.165, 1.54) is 0 Å². The average Bonchev–Trinajstić information content (AvgIpc) is 2.87. The third-order valence-electron chi connectivity index (χ3n) is 2.72. The smallest absolute Gasteiger partial charge is 0.265 e. The molecule has 0 aliphatic rings. The fourth-order valence-corrected chi connectivity index (χ4v) is 1.85. The Balaban J connectivity index is 2.10. The van der Waals surface area contributed by atoms with Crippen molar-refractivity contribution in [2.45, 2.75) is 0 Å². The van der Waals surface area contributed by atoms with Gasteiger partial charge in [0, 0.05) is 12.4 Å². The molecular formula is C13H11N5O2. The second kappa shape index (κ2) is 4.54. The van der Waals surface area contributed by atoms with Crippen molar-refractivity contribution in [1.29, 1.82) is 0 Å². The summed E-state index contributed by atoms with van der Waals surface area (Å²) in [6.07, 6.45) is 4.94. The molecule has 4 N–H and O–H groups in total. The maximum atomic E-state index is 11.4. The lowest BCUT2D eigenvalue weighted by atomic mass is 10.2. The fourth-order valence-electron chi connectivity index (χ4n) is 1.85. The van der Waals surface area contributed by atoms with Crippen LogP contribution in [-0.2, 0) is 0 Å². The van der Waals surface area contributed by atoms with Crippen molar-refractivity contribution in [1.82, 2.24) is 14.4 Å². The van der Waals surface area contributed by atoms with Crippen LogP contribution in [0.15, 0.2) is 42.9 Å². The minimum absolute atomic E-state index is 0.212. The van der Waals surface area contributed by atoms with Crippen LogP contribution in [0.1, 0.15) is 10.4 Å². The van der Waals surface area contributed by atoms with Gasteiger partial charge in [-0.15, -0.1) is 0 Å². The zero-order valence-corrected chi connectivity index (χ0v) is 10.4. The van der Waals surface area contributed by atoms with Gasteiger partial charge in [0.25, 0.3) is 11.8 Å². The molecule has 20 heavy (non-hydrogen) atoms. The lowest BCUT2D eigenvalue weighted by Crippen LogP contribution is -2.12. The summed E-state index contributed by atoms with van der Waals surface area (Å²) in [6, 6.07) is 6.64. The standard InChI is InChI=1S/C13H11N5O2/c14-10-7-18-6-5-16-12(18)13(17-10)20-9-4-2-1-3-8(9)11(15)19/h1-7H,14H2,(H2,15,19). The summed E-state index contributed by atoms with van der Waals surface area (Å²) < 4.78 is 7.33. The van der Waals surface area contributed by atoms with Crippen LogP contribution in [0.4, 0.5) is 5.82 Å². The van der Waals surface area contributed by atoms with Gasteiger partial charge in [0.2, 0.25) is 5.65 Å². The Hall–Kier alpha value is -3.09. The molecule has 1 aromatic carbocycles. The van der Waals surface area contributed by atoms with E-state index in [9.17, 15) is 4.79 Å². The van der Waals surface area contributed by atoms with Crippen LogP contribution in [0, 0.1) is 0 Å². The molecule has 3 aromatic rings. The van der Waals surface area contributed by atoms with E-state index in [1.807, 2.05) is 0 Å². The minimum Gasteiger partial charge on any atom is -0.435 e. The number of carbonyl (C=O) groups is 1. The highest BCUT2D eigenvalue weighted by molar-refractivity contribution is 5.95. The second-order valence-corrected chi connectivity index (χ2v) is 4.09. The van der Waals surface area contributed by atoms with E-state index >= 15 is 0 Å². The summed E-state index contributed by atoms with van der Waals surface area (Å²) in [5.74, 6) is 0.220. The van der Waals surface area contributed by atoms with Gasteiger partial charge in [-0.2, -0.15) is 4.98 Å². The lowest BCUT2D eigenvalue weighted by Gasteiger charge is -2.09. The number of primary amides is 1. The summed E-state index contributed by atoms with van der Waals surface area (Å²) >= 11 is 0. The number of rotatable bonds is 3. The molecule has 0 aliphatic carbocycles. The van der Waals surface area contributed by atoms with Crippen molar-refractivity contribution in [3.63, 3.8) is 0 Å². The number of fused-ring (bicyclic) bond motifs is 1. The van der Waals surface area contributed by atoms with Crippen molar-refractivity contribution in [2.24, 2.45) is 5.73 Å². The van der Waals surface area contributed by atoms with Crippen molar-refractivity contribution >= 4 is 17.4 Å². The predicted octanol–water partition coefficient (Wildman–Crippen LogP) is 1.20. The molecule has 1 amide bonds. The number of nitrogen functional groups attached to an aromatic ring is 1. The molecule has 0 atom stereocenters. The molecule has 7 nitrogen and oxygen atoms in total. The molecule has 2 aromatic heterocycles. The second-order valence-electron chi connectivity index (χ2n) is 4.09. The molecule has 0 saturated carbocycles. The molecule has 100 valence electrons. The molecule has 0 saturated heterocycles. The highest BCUT2D eigenvalue weighted by atomic mass is 16.5. The Kier molecular flexibility index (Phi) is 2.72. The summed E-state index contributed by atoms with van der Waals surface area (Å²) in [6.45, 7) is 0. The van der Waals surface area contributed by atoms with Crippen LogP contribution in [0.2, 0.25) is 0 Å². The highest BCUT2D eigenvalue weighted by Crippen LogP contribution is 2.26. The Labute approximate surface area is 113 Å². The fraction of sp³-hybridized carbons (Fsp3) is 0. The predicted molar refractivity (Wildman–Crippen MR) is 72.4 cm³/mol. The van der Waals surface area contributed by atoms with E-state index in [1.54, 1.807) is 47.3 Å².